The Bertz CT molecular complexity index is 652. The Hall–Kier alpha value is -1.85. The van der Waals surface area contributed by atoms with Gasteiger partial charge in [-0.2, -0.15) is 0 Å². The van der Waals surface area contributed by atoms with Gasteiger partial charge in [0.05, 0.1) is 12.0 Å². The zero-order valence-corrected chi connectivity index (χ0v) is 15.1. The van der Waals surface area contributed by atoms with Crippen LogP contribution >= 0.6 is 0 Å². The van der Waals surface area contributed by atoms with Crippen LogP contribution in [-0.4, -0.2) is 57.3 Å². The SMILES string of the molecule is CCc1nccn1[C@H]1CCCN(C(=O)[C@H]2CC(=O)N(CC3CC3)C2)C1. The highest BCUT2D eigenvalue weighted by atomic mass is 16.2. The minimum absolute atomic E-state index is 0.140. The number of carbonyl (C=O) groups is 2. The van der Waals surface area contributed by atoms with Gasteiger partial charge in [-0.05, 0) is 31.6 Å². The molecular weight excluding hydrogens is 316 g/mol. The lowest BCUT2D eigenvalue weighted by atomic mass is 10.0. The molecule has 6 nitrogen and oxygen atoms in total. The summed E-state index contributed by atoms with van der Waals surface area (Å²) >= 11 is 0. The van der Waals surface area contributed by atoms with Crippen LogP contribution in [0.15, 0.2) is 12.4 Å². The van der Waals surface area contributed by atoms with E-state index in [4.69, 9.17) is 0 Å². The number of likely N-dealkylation sites (tertiary alicyclic amines) is 2. The highest BCUT2D eigenvalue weighted by Gasteiger charge is 2.39. The second-order valence-electron chi connectivity index (χ2n) is 7.83. The van der Waals surface area contributed by atoms with Crippen LogP contribution in [0.1, 0.15) is 50.9 Å². The Morgan fingerprint density at radius 1 is 1.28 bits per heavy atom. The van der Waals surface area contributed by atoms with Gasteiger partial charge in [0.2, 0.25) is 11.8 Å². The minimum atomic E-state index is -0.140. The predicted octanol–water partition coefficient (Wildman–Crippen LogP) is 1.87. The molecule has 2 saturated heterocycles. The third-order valence-corrected chi connectivity index (χ3v) is 5.91. The highest BCUT2D eigenvalue weighted by Crippen LogP contribution is 2.33. The predicted molar refractivity (Wildman–Crippen MR) is 93.9 cm³/mol. The minimum Gasteiger partial charge on any atom is -0.342 e. The number of aromatic nitrogens is 2. The van der Waals surface area contributed by atoms with Crippen molar-refractivity contribution in [3.8, 4) is 0 Å². The van der Waals surface area contributed by atoms with Gasteiger partial charge in [0.1, 0.15) is 5.82 Å². The average Bonchev–Trinajstić information content (AvgIpc) is 3.18. The van der Waals surface area contributed by atoms with Crippen LogP contribution in [0.4, 0.5) is 0 Å². The topological polar surface area (TPSA) is 58.4 Å². The maximum absolute atomic E-state index is 13.0. The average molecular weight is 344 g/mol. The molecule has 3 heterocycles. The van der Waals surface area contributed by atoms with Gasteiger partial charge in [-0.25, -0.2) is 4.98 Å². The maximum Gasteiger partial charge on any atom is 0.228 e. The molecule has 2 amide bonds. The van der Waals surface area contributed by atoms with Gasteiger partial charge in [0.15, 0.2) is 0 Å². The lowest BCUT2D eigenvalue weighted by Gasteiger charge is -2.35. The summed E-state index contributed by atoms with van der Waals surface area (Å²) in [6.07, 6.45) is 9.78. The van der Waals surface area contributed by atoms with Crippen LogP contribution in [0.3, 0.4) is 0 Å². The molecule has 0 aromatic carbocycles. The van der Waals surface area contributed by atoms with E-state index in [1.54, 1.807) is 0 Å². The molecule has 1 aromatic heterocycles. The quantitative estimate of drug-likeness (QED) is 0.819. The zero-order valence-electron chi connectivity index (χ0n) is 15.1. The first-order valence-electron chi connectivity index (χ1n) is 9.74. The monoisotopic (exact) mass is 344 g/mol. The van der Waals surface area contributed by atoms with Crippen LogP contribution in [0, 0.1) is 11.8 Å². The van der Waals surface area contributed by atoms with Crippen LogP contribution in [0.25, 0.3) is 0 Å². The molecule has 0 unspecified atom stereocenters. The van der Waals surface area contributed by atoms with Crippen LogP contribution < -0.4 is 0 Å². The zero-order chi connectivity index (χ0) is 17.4. The number of rotatable bonds is 5. The van der Waals surface area contributed by atoms with E-state index < -0.39 is 0 Å². The molecule has 0 N–H and O–H groups in total. The molecule has 6 heteroatoms. The van der Waals surface area contributed by atoms with Crippen molar-refractivity contribution in [1.82, 2.24) is 19.4 Å². The fourth-order valence-corrected chi connectivity index (χ4v) is 4.32. The van der Waals surface area contributed by atoms with Gasteiger partial charge >= 0.3 is 0 Å². The number of imidazole rings is 1. The summed E-state index contributed by atoms with van der Waals surface area (Å²) in [6, 6.07) is 0.315. The molecule has 0 spiro atoms. The first kappa shape index (κ1) is 16.6. The van der Waals surface area contributed by atoms with Crippen molar-refractivity contribution in [3.63, 3.8) is 0 Å². The Balaban J connectivity index is 1.39. The van der Waals surface area contributed by atoms with E-state index in [9.17, 15) is 9.59 Å². The normalized spacial score (nSPS) is 27.2. The van der Waals surface area contributed by atoms with Crippen molar-refractivity contribution >= 4 is 11.8 Å². The molecule has 2 atom stereocenters. The molecular formula is C19H28N4O2. The van der Waals surface area contributed by atoms with E-state index in [0.29, 0.717) is 24.9 Å². The van der Waals surface area contributed by atoms with Crippen molar-refractivity contribution in [2.45, 2.75) is 51.5 Å². The third kappa shape index (κ3) is 3.44. The van der Waals surface area contributed by atoms with Crippen LogP contribution in [0.5, 0.6) is 0 Å². The maximum atomic E-state index is 13.0. The largest absolute Gasteiger partial charge is 0.342 e. The van der Waals surface area contributed by atoms with E-state index in [2.05, 4.69) is 16.5 Å². The van der Waals surface area contributed by atoms with Gasteiger partial charge in [-0.15, -0.1) is 0 Å². The van der Waals surface area contributed by atoms with E-state index >= 15 is 0 Å². The highest BCUT2D eigenvalue weighted by molar-refractivity contribution is 5.89. The smallest absolute Gasteiger partial charge is 0.228 e. The van der Waals surface area contributed by atoms with Crippen molar-refractivity contribution in [1.29, 1.82) is 0 Å². The Kier molecular flexibility index (Phi) is 4.52. The van der Waals surface area contributed by atoms with Crippen molar-refractivity contribution in [3.05, 3.63) is 18.2 Å². The Morgan fingerprint density at radius 2 is 2.12 bits per heavy atom. The lowest BCUT2D eigenvalue weighted by molar-refractivity contribution is -0.137. The van der Waals surface area contributed by atoms with E-state index in [-0.39, 0.29) is 17.7 Å². The summed E-state index contributed by atoms with van der Waals surface area (Å²) in [7, 11) is 0. The van der Waals surface area contributed by atoms with Gasteiger partial charge in [-0.3, -0.25) is 9.59 Å². The standard InChI is InChI=1S/C19H28N4O2/c1-2-17-20-7-9-23(17)16-4-3-8-21(13-16)19(25)15-10-18(24)22(12-15)11-14-5-6-14/h7,9,14-16H,2-6,8,10-13H2,1H3/t15-,16-/m0/s1. The third-order valence-electron chi connectivity index (χ3n) is 5.91. The number of amides is 2. The molecule has 136 valence electrons. The Labute approximate surface area is 149 Å². The van der Waals surface area contributed by atoms with Gasteiger partial charge in [0, 0.05) is 51.4 Å². The summed E-state index contributed by atoms with van der Waals surface area (Å²) in [4.78, 5) is 33.5. The number of piperidine rings is 1. The number of aryl methyl sites for hydroxylation is 1. The van der Waals surface area contributed by atoms with Crippen molar-refractivity contribution in [2.75, 3.05) is 26.2 Å². The molecule has 25 heavy (non-hydrogen) atoms. The number of nitrogens with zero attached hydrogens (tertiary/aromatic N) is 4. The van der Waals surface area contributed by atoms with Gasteiger partial charge in [-0.1, -0.05) is 6.92 Å². The van der Waals surface area contributed by atoms with Gasteiger partial charge < -0.3 is 14.4 Å². The molecule has 0 bridgehead atoms. The van der Waals surface area contributed by atoms with Crippen molar-refractivity contribution in [2.24, 2.45) is 11.8 Å². The van der Waals surface area contributed by atoms with E-state index in [1.807, 2.05) is 22.2 Å². The first-order valence-corrected chi connectivity index (χ1v) is 9.74. The van der Waals surface area contributed by atoms with E-state index in [0.717, 1.165) is 44.7 Å². The fourth-order valence-electron chi connectivity index (χ4n) is 4.32. The molecule has 1 aliphatic carbocycles. The van der Waals surface area contributed by atoms with Gasteiger partial charge in [0.25, 0.3) is 0 Å². The van der Waals surface area contributed by atoms with Crippen molar-refractivity contribution < 1.29 is 9.59 Å². The molecule has 0 radical (unpaired) electrons. The van der Waals surface area contributed by atoms with Crippen LogP contribution in [-0.2, 0) is 16.0 Å². The molecule has 1 aromatic rings. The van der Waals surface area contributed by atoms with Crippen LogP contribution in [0.2, 0.25) is 0 Å². The lowest BCUT2D eigenvalue weighted by Crippen LogP contribution is -2.44. The molecule has 1 saturated carbocycles. The summed E-state index contributed by atoms with van der Waals surface area (Å²) in [6.45, 7) is 5.16. The second-order valence-corrected chi connectivity index (χ2v) is 7.83. The number of hydrogen-bond acceptors (Lipinski definition) is 3. The molecule has 3 aliphatic rings. The van der Waals surface area contributed by atoms with E-state index in [1.165, 1.54) is 12.8 Å². The molecule has 4 rings (SSSR count). The summed E-state index contributed by atoms with van der Waals surface area (Å²) in [5, 5.41) is 0. The summed E-state index contributed by atoms with van der Waals surface area (Å²) in [5.41, 5.74) is 0. The number of carbonyl (C=O) groups excluding carboxylic acids is 2. The molecule has 2 aliphatic heterocycles. The molecule has 3 fully saturated rings. The number of hydrogen-bond donors (Lipinski definition) is 0. The fraction of sp³-hybridized carbons (Fsp3) is 0.737. The summed E-state index contributed by atoms with van der Waals surface area (Å²) < 4.78 is 2.23. The first-order chi connectivity index (χ1) is 12.2. The Morgan fingerprint density at radius 3 is 2.88 bits per heavy atom. The second kappa shape index (κ2) is 6.81. The summed E-state index contributed by atoms with van der Waals surface area (Å²) in [5.74, 6) is 1.98.